The molecule has 1 aromatic carbocycles. The molecule has 1 aliphatic heterocycles. The predicted molar refractivity (Wildman–Crippen MR) is 57.1 cm³/mol. The van der Waals surface area contributed by atoms with E-state index in [1.807, 2.05) is 6.92 Å². The minimum atomic E-state index is 0.0265. The van der Waals surface area contributed by atoms with Crippen molar-refractivity contribution >= 4 is 0 Å². The van der Waals surface area contributed by atoms with Crippen molar-refractivity contribution in [2.24, 2.45) is 5.73 Å². The molecule has 0 bridgehead atoms. The first-order chi connectivity index (χ1) is 6.61. The molecule has 0 amide bonds. The molecule has 2 atom stereocenters. The second-order valence-corrected chi connectivity index (χ2v) is 4.12. The molecular formula is C12H17NO. The maximum atomic E-state index is 6.13. The number of hydrogen-bond acceptors (Lipinski definition) is 2. The van der Waals surface area contributed by atoms with E-state index in [0.29, 0.717) is 6.61 Å². The molecule has 2 nitrogen and oxygen atoms in total. The number of nitrogens with two attached hydrogens (primary N) is 1. The molecule has 14 heavy (non-hydrogen) atoms. The van der Waals surface area contributed by atoms with Gasteiger partial charge in [-0.15, -0.1) is 0 Å². The Morgan fingerprint density at radius 1 is 1.36 bits per heavy atom. The van der Waals surface area contributed by atoms with Crippen molar-refractivity contribution in [2.45, 2.75) is 39.5 Å². The van der Waals surface area contributed by atoms with Crippen molar-refractivity contribution in [1.82, 2.24) is 0 Å². The molecule has 1 unspecified atom stereocenters. The van der Waals surface area contributed by atoms with Gasteiger partial charge in [0.15, 0.2) is 0 Å². The molecule has 2 heteroatoms. The summed E-state index contributed by atoms with van der Waals surface area (Å²) in [6.45, 7) is 7.01. The lowest BCUT2D eigenvalue weighted by Crippen LogP contribution is -2.32. The van der Waals surface area contributed by atoms with Gasteiger partial charge in [-0.25, -0.2) is 0 Å². The second kappa shape index (κ2) is 3.37. The molecule has 0 saturated carbocycles. The van der Waals surface area contributed by atoms with Crippen molar-refractivity contribution in [3.63, 3.8) is 0 Å². The van der Waals surface area contributed by atoms with Gasteiger partial charge in [0, 0.05) is 0 Å². The molecule has 0 spiro atoms. The molecule has 1 aromatic rings. The molecule has 76 valence electrons. The third kappa shape index (κ3) is 1.35. The fourth-order valence-corrected chi connectivity index (χ4v) is 2.04. The van der Waals surface area contributed by atoms with Crippen LogP contribution in [0.25, 0.3) is 0 Å². The van der Waals surface area contributed by atoms with Crippen molar-refractivity contribution in [3.8, 4) is 0 Å². The average molecular weight is 191 g/mol. The van der Waals surface area contributed by atoms with Crippen molar-refractivity contribution < 1.29 is 4.74 Å². The van der Waals surface area contributed by atoms with Crippen LogP contribution in [-0.4, -0.2) is 6.10 Å². The van der Waals surface area contributed by atoms with Crippen molar-refractivity contribution in [2.75, 3.05) is 0 Å². The molecule has 0 aromatic heterocycles. The number of hydrogen-bond donors (Lipinski definition) is 1. The van der Waals surface area contributed by atoms with E-state index < -0.39 is 0 Å². The summed E-state index contributed by atoms with van der Waals surface area (Å²) >= 11 is 0. The van der Waals surface area contributed by atoms with E-state index in [4.69, 9.17) is 10.5 Å². The Balaban J connectivity index is 2.56. The van der Waals surface area contributed by atoms with Crippen LogP contribution in [0.2, 0.25) is 0 Å². The van der Waals surface area contributed by atoms with Gasteiger partial charge in [0.1, 0.15) is 0 Å². The summed E-state index contributed by atoms with van der Waals surface area (Å²) in [5.41, 5.74) is 11.3. The topological polar surface area (TPSA) is 35.2 Å². The summed E-state index contributed by atoms with van der Waals surface area (Å²) in [4.78, 5) is 0. The summed E-state index contributed by atoms with van der Waals surface area (Å²) in [5, 5.41) is 0. The van der Waals surface area contributed by atoms with Gasteiger partial charge in [-0.2, -0.15) is 0 Å². The normalized spacial score (nSPS) is 26.0. The van der Waals surface area contributed by atoms with E-state index >= 15 is 0 Å². The van der Waals surface area contributed by atoms with E-state index in [9.17, 15) is 0 Å². The van der Waals surface area contributed by atoms with Crippen LogP contribution in [0.3, 0.4) is 0 Å². The van der Waals surface area contributed by atoms with Gasteiger partial charge < -0.3 is 10.5 Å². The molecular weight excluding hydrogens is 174 g/mol. The summed E-state index contributed by atoms with van der Waals surface area (Å²) in [5.74, 6) is 0. The van der Waals surface area contributed by atoms with Gasteiger partial charge in [0.25, 0.3) is 0 Å². The van der Waals surface area contributed by atoms with E-state index in [-0.39, 0.29) is 12.1 Å². The first-order valence-electron chi connectivity index (χ1n) is 5.07. The lowest BCUT2D eigenvalue weighted by molar-refractivity contribution is 0.0211. The smallest absolute Gasteiger partial charge is 0.0744 e. The zero-order chi connectivity index (χ0) is 10.3. The Bertz CT molecular complexity index is 360. The first-order valence-corrected chi connectivity index (χ1v) is 5.07. The maximum absolute atomic E-state index is 6.13. The summed E-state index contributed by atoms with van der Waals surface area (Å²) < 4.78 is 5.59. The maximum Gasteiger partial charge on any atom is 0.0744 e. The van der Waals surface area contributed by atoms with Gasteiger partial charge >= 0.3 is 0 Å². The summed E-state index contributed by atoms with van der Waals surface area (Å²) in [6.07, 6.45) is 0.128. The predicted octanol–water partition coefficient (Wildman–Crippen LogP) is 2.22. The van der Waals surface area contributed by atoms with Crippen LogP contribution in [0.5, 0.6) is 0 Å². The number of aryl methyl sites for hydroxylation is 1. The van der Waals surface area contributed by atoms with Gasteiger partial charge in [-0.3, -0.25) is 0 Å². The Morgan fingerprint density at radius 2 is 2.07 bits per heavy atom. The molecule has 1 heterocycles. The monoisotopic (exact) mass is 191 g/mol. The number of fused-ring (bicyclic) bond motifs is 1. The minimum Gasteiger partial charge on any atom is -0.372 e. The van der Waals surface area contributed by atoms with Gasteiger partial charge in [0.2, 0.25) is 0 Å². The van der Waals surface area contributed by atoms with Crippen LogP contribution in [0.15, 0.2) is 12.1 Å². The zero-order valence-electron chi connectivity index (χ0n) is 9.00. The molecule has 0 fully saturated rings. The van der Waals surface area contributed by atoms with Crippen molar-refractivity contribution in [1.29, 1.82) is 0 Å². The molecule has 1 aliphatic rings. The Labute approximate surface area is 85.1 Å². The standard InChI is InChI=1S/C12H17NO/c1-7-4-5-10-6-14-9(3)12(13)11(10)8(7)2/h4-5,9,12H,6,13H2,1-3H3/t9-,12?/m1/s1. The molecule has 0 saturated heterocycles. The fraction of sp³-hybridized carbons (Fsp3) is 0.500. The molecule has 0 radical (unpaired) electrons. The van der Waals surface area contributed by atoms with Gasteiger partial charge in [0.05, 0.1) is 18.8 Å². The first kappa shape index (κ1) is 9.69. The van der Waals surface area contributed by atoms with E-state index in [1.54, 1.807) is 0 Å². The second-order valence-electron chi connectivity index (χ2n) is 4.12. The SMILES string of the molecule is Cc1ccc2c(c1C)C(N)[C@@H](C)OC2. The Morgan fingerprint density at radius 3 is 2.79 bits per heavy atom. The largest absolute Gasteiger partial charge is 0.372 e. The number of ether oxygens (including phenoxy) is 1. The molecule has 2 rings (SSSR count). The Hall–Kier alpha value is -0.860. The number of rotatable bonds is 0. The quantitative estimate of drug-likeness (QED) is 0.682. The van der Waals surface area contributed by atoms with Crippen LogP contribution in [0.1, 0.15) is 35.2 Å². The van der Waals surface area contributed by atoms with Crippen LogP contribution < -0.4 is 5.73 Å². The van der Waals surface area contributed by atoms with Gasteiger partial charge in [-0.1, -0.05) is 12.1 Å². The molecule has 0 aliphatic carbocycles. The van der Waals surface area contributed by atoms with Crippen LogP contribution in [-0.2, 0) is 11.3 Å². The lowest BCUT2D eigenvalue weighted by Gasteiger charge is -2.30. The summed E-state index contributed by atoms with van der Waals surface area (Å²) in [7, 11) is 0. The summed E-state index contributed by atoms with van der Waals surface area (Å²) in [6, 6.07) is 4.29. The highest BCUT2D eigenvalue weighted by molar-refractivity contribution is 5.42. The average Bonchev–Trinajstić information content (AvgIpc) is 2.17. The number of benzene rings is 1. The van der Waals surface area contributed by atoms with E-state index in [0.717, 1.165) is 0 Å². The van der Waals surface area contributed by atoms with Crippen LogP contribution in [0, 0.1) is 13.8 Å². The zero-order valence-corrected chi connectivity index (χ0v) is 9.00. The Kier molecular flexibility index (Phi) is 2.33. The third-order valence-electron chi connectivity index (χ3n) is 3.22. The van der Waals surface area contributed by atoms with Crippen LogP contribution >= 0.6 is 0 Å². The highest BCUT2D eigenvalue weighted by Crippen LogP contribution is 2.31. The third-order valence-corrected chi connectivity index (χ3v) is 3.22. The van der Waals surface area contributed by atoms with Crippen molar-refractivity contribution in [3.05, 3.63) is 34.4 Å². The highest BCUT2D eigenvalue weighted by atomic mass is 16.5. The lowest BCUT2D eigenvalue weighted by atomic mass is 9.89. The van der Waals surface area contributed by atoms with E-state index in [1.165, 1.54) is 22.3 Å². The van der Waals surface area contributed by atoms with Gasteiger partial charge in [-0.05, 0) is 43.0 Å². The van der Waals surface area contributed by atoms with E-state index in [2.05, 4.69) is 26.0 Å². The molecule has 2 N–H and O–H groups in total. The highest BCUT2D eigenvalue weighted by Gasteiger charge is 2.25. The minimum absolute atomic E-state index is 0.0265. The fourth-order valence-electron chi connectivity index (χ4n) is 2.04. The van der Waals surface area contributed by atoms with Crippen LogP contribution in [0.4, 0.5) is 0 Å².